The van der Waals surface area contributed by atoms with Gasteiger partial charge < -0.3 is 9.64 Å². The van der Waals surface area contributed by atoms with Gasteiger partial charge in [0.1, 0.15) is 0 Å². The number of morpholine rings is 1. The predicted octanol–water partition coefficient (Wildman–Crippen LogP) is 2.63. The second-order valence-corrected chi connectivity index (χ2v) is 7.99. The van der Waals surface area contributed by atoms with Gasteiger partial charge in [-0.25, -0.2) is 0 Å². The minimum absolute atomic E-state index is 0.0235. The number of hydrogen-bond donors (Lipinski definition) is 0. The molecule has 0 N–H and O–H groups in total. The van der Waals surface area contributed by atoms with Gasteiger partial charge in [0, 0.05) is 32.7 Å². The lowest BCUT2D eigenvalue weighted by Gasteiger charge is -2.35. The minimum Gasteiger partial charge on any atom is -0.375 e. The average Bonchev–Trinajstić information content (AvgIpc) is 2.63. The first kappa shape index (κ1) is 17.8. The molecule has 2 fully saturated rings. The Labute approximate surface area is 149 Å². The van der Waals surface area contributed by atoms with E-state index in [0.717, 1.165) is 32.5 Å². The van der Waals surface area contributed by atoms with Crippen molar-refractivity contribution in [3.63, 3.8) is 0 Å². The van der Waals surface area contributed by atoms with Crippen LogP contribution in [0, 0.1) is 0 Å². The van der Waals surface area contributed by atoms with E-state index in [4.69, 9.17) is 4.74 Å². The maximum atomic E-state index is 12.6. The van der Waals surface area contributed by atoms with Crippen LogP contribution >= 0.6 is 11.8 Å². The van der Waals surface area contributed by atoms with Crippen molar-refractivity contribution in [1.29, 1.82) is 0 Å². The Morgan fingerprint density at radius 3 is 2.79 bits per heavy atom. The molecule has 3 rings (SSSR count). The van der Waals surface area contributed by atoms with Gasteiger partial charge in [0.25, 0.3) is 0 Å². The molecule has 4 nitrogen and oxygen atoms in total. The van der Waals surface area contributed by atoms with Crippen LogP contribution in [0.3, 0.4) is 0 Å². The van der Waals surface area contributed by atoms with Crippen LogP contribution in [0.1, 0.15) is 24.8 Å². The van der Waals surface area contributed by atoms with Crippen molar-refractivity contribution in [2.75, 3.05) is 38.2 Å². The molecule has 2 saturated heterocycles. The summed E-state index contributed by atoms with van der Waals surface area (Å²) in [5, 5.41) is 0. The van der Waals surface area contributed by atoms with Crippen LogP contribution < -0.4 is 0 Å². The van der Waals surface area contributed by atoms with E-state index in [9.17, 15) is 4.79 Å². The molecule has 132 valence electrons. The van der Waals surface area contributed by atoms with E-state index in [1.807, 2.05) is 29.8 Å². The van der Waals surface area contributed by atoms with Crippen molar-refractivity contribution in [3.05, 3.63) is 35.9 Å². The van der Waals surface area contributed by atoms with Crippen LogP contribution in [0.25, 0.3) is 0 Å². The van der Waals surface area contributed by atoms with Gasteiger partial charge in [-0.05, 0) is 29.9 Å². The van der Waals surface area contributed by atoms with Crippen LogP contribution in [0.5, 0.6) is 0 Å². The second kappa shape index (κ2) is 8.88. The zero-order valence-electron chi connectivity index (χ0n) is 14.5. The van der Waals surface area contributed by atoms with E-state index in [1.165, 1.54) is 17.1 Å². The summed E-state index contributed by atoms with van der Waals surface area (Å²) in [5.41, 5.74) is 1.32. The van der Waals surface area contributed by atoms with Crippen LogP contribution in [-0.4, -0.2) is 66.1 Å². The Bertz CT molecular complexity index is 519. The molecule has 0 aromatic heterocycles. The summed E-state index contributed by atoms with van der Waals surface area (Å²) in [7, 11) is 1.97. The zero-order chi connectivity index (χ0) is 16.8. The van der Waals surface area contributed by atoms with Crippen molar-refractivity contribution in [2.24, 2.45) is 0 Å². The van der Waals surface area contributed by atoms with Crippen LogP contribution in [-0.2, 0) is 16.1 Å². The van der Waals surface area contributed by atoms with E-state index >= 15 is 0 Å². The van der Waals surface area contributed by atoms with E-state index in [1.54, 1.807) is 0 Å². The molecule has 0 bridgehead atoms. The monoisotopic (exact) mass is 348 g/mol. The van der Waals surface area contributed by atoms with Gasteiger partial charge in [-0.1, -0.05) is 30.3 Å². The first-order valence-corrected chi connectivity index (χ1v) is 10.1. The molecule has 0 aliphatic carbocycles. The van der Waals surface area contributed by atoms with Crippen LogP contribution in [0.2, 0.25) is 0 Å². The van der Waals surface area contributed by atoms with Gasteiger partial charge in [-0.3, -0.25) is 9.69 Å². The molecule has 1 amide bonds. The van der Waals surface area contributed by atoms with Gasteiger partial charge in [0.2, 0.25) is 5.91 Å². The van der Waals surface area contributed by atoms with Crippen LogP contribution in [0.4, 0.5) is 0 Å². The van der Waals surface area contributed by atoms with E-state index in [2.05, 4.69) is 29.2 Å². The third kappa shape index (κ3) is 4.98. The van der Waals surface area contributed by atoms with Gasteiger partial charge in [0.05, 0.1) is 19.1 Å². The molecule has 1 aromatic carbocycles. The van der Waals surface area contributed by atoms with Gasteiger partial charge >= 0.3 is 0 Å². The fourth-order valence-electron chi connectivity index (χ4n) is 3.50. The van der Waals surface area contributed by atoms with E-state index < -0.39 is 0 Å². The molecule has 1 aromatic rings. The molecule has 0 spiro atoms. The number of nitrogens with zero attached hydrogens (tertiary/aromatic N) is 2. The lowest BCUT2D eigenvalue weighted by Crippen LogP contribution is -2.46. The molecule has 5 heteroatoms. The van der Waals surface area contributed by atoms with Gasteiger partial charge in [-0.2, -0.15) is 11.8 Å². The molecule has 2 aliphatic rings. The van der Waals surface area contributed by atoms with Crippen LogP contribution in [0.15, 0.2) is 30.3 Å². The van der Waals surface area contributed by atoms with Gasteiger partial charge in [0.15, 0.2) is 0 Å². The van der Waals surface area contributed by atoms with Gasteiger partial charge in [-0.15, -0.1) is 0 Å². The fraction of sp³-hybridized carbons (Fsp3) is 0.632. The Morgan fingerprint density at radius 2 is 2.04 bits per heavy atom. The lowest BCUT2D eigenvalue weighted by molar-refractivity contribution is -0.137. The summed E-state index contributed by atoms with van der Waals surface area (Å²) in [6.45, 7) is 3.43. The summed E-state index contributed by atoms with van der Waals surface area (Å²) >= 11 is 2.00. The SMILES string of the molecule is CN(C(=O)C[C@H]1CN(Cc2ccccc2)CCO1)C1CCSCC1. The first-order valence-electron chi connectivity index (χ1n) is 8.93. The molecule has 1 atom stereocenters. The molecule has 0 saturated carbocycles. The summed E-state index contributed by atoms with van der Waals surface area (Å²) in [6, 6.07) is 10.9. The summed E-state index contributed by atoms with van der Waals surface area (Å²) in [6.07, 6.45) is 2.78. The van der Waals surface area contributed by atoms with Crippen molar-refractivity contribution in [2.45, 2.75) is 38.0 Å². The highest BCUT2D eigenvalue weighted by Gasteiger charge is 2.27. The largest absolute Gasteiger partial charge is 0.375 e. The summed E-state index contributed by atoms with van der Waals surface area (Å²) in [4.78, 5) is 17.0. The number of amides is 1. The van der Waals surface area contributed by atoms with Crippen molar-refractivity contribution in [1.82, 2.24) is 9.80 Å². The average molecular weight is 349 g/mol. The number of carbonyl (C=O) groups excluding carboxylic acids is 1. The molecule has 2 heterocycles. The maximum absolute atomic E-state index is 12.6. The zero-order valence-corrected chi connectivity index (χ0v) is 15.3. The highest BCUT2D eigenvalue weighted by Crippen LogP contribution is 2.22. The maximum Gasteiger partial charge on any atom is 0.225 e. The van der Waals surface area contributed by atoms with Crippen molar-refractivity contribution >= 4 is 17.7 Å². The topological polar surface area (TPSA) is 32.8 Å². The Balaban J connectivity index is 1.48. The van der Waals surface area contributed by atoms with E-state index in [0.29, 0.717) is 19.1 Å². The molecule has 24 heavy (non-hydrogen) atoms. The fourth-order valence-corrected chi connectivity index (χ4v) is 4.59. The first-order chi connectivity index (χ1) is 11.7. The number of hydrogen-bond acceptors (Lipinski definition) is 4. The number of ether oxygens (including phenoxy) is 1. The summed E-state index contributed by atoms with van der Waals surface area (Å²) < 4.78 is 5.86. The molecule has 0 unspecified atom stereocenters. The van der Waals surface area contributed by atoms with E-state index in [-0.39, 0.29) is 12.0 Å². The Morgan fingerprint density at radius 1 is 1.29 bits per heavy atom. The Hall–Kier alpha value is -1.04. The normalized spacial score (nSPS) is 23.1. The highest BCUT2D eigenvalue weighted by atomic mass is 32.2. The quantitative estimate of drug-likeness (QED) is 0.819. The Kier molecular flexibility index (Phi) is 6.58. The minimum atomic E-state index is 0.0235. The predicted molar refractivity (Wildman–Crippen MR) is 99.2 cm³/mol. The molecule has 0 radical (unpaired) electrons. The van der Waals surface area contributed by atoms with Crippen molar-refractivity contribution in [3.8, 4) is 0 Å². The lowest BCUT2D eigenvalue weighted by atomic mass is 10.1. The number of benzene rings is 1. The van der Waals surface area contributed by atoms with Crippen molar-refractivity contribution < 1.29 is 9.53 Å². The second-order valence-electron chi connectivity index (χ2n) is 6.77. The smallest absolute Gasteiger partial charge is 0.225 e. The molecule has 2 aliphatic heterocycles. The third-order valence-electron chi connectivity index (χ3n) is 5.01. The highest BCUT2D eigenvalue weighted by molar-refractivity contribution is 7.99. The number of rotatable bonds is 5. The standard InChI is InChI=1S/C19H28N2O2S/c1-20(17-7-11-24-12-8-17)19(22)13-18-15-21(9-10-23-18)14-16-5-3-2-4-6-16/h2-6,17-18H,7-15H2,1H3/t18-/m0/s1. The number of carbonyl (C=O) groups is 1. The molecular formula is C19H28N2O2S. The number of thioether (sulfide) groups is 1. The molecular weight excluding hydrogens is 320 g/mol. The third-order valence-corrected chi connectivity index (χ3v) is 6.05. The summed E-state index contributed by atoms with van der Waals surface area (Å²) in [5.74, 6) is 2.58.